The van der Waals surface area contributed by atoms with E-state index in [1.807, 2.05) is 24.3 Å². The third-order valence-electron chi connectivity index (χ3n) is 4.26. The molecule has 0 saturated heterocycles. The second-order valence-corrected chi connectivity index (χ2v) is 5.56. The highest BCUT2D eigenvalue weighted by Gasteiger charge is 2.45. The molecule has 2 aromatic rings. The van der Waals surface area contributed by atoms with Crippen molar-refractivity contribution >= 4 is 16.7 Å². The maximum Gasteiger partial charge on any atom is 0.245 e. The third kappa shape index (κ3) is 2.42. The van der Waals surface area contributed by atoms with E-state index in [9.17, 15) is 14.0 Å². The monoisotopic (exact) mass is 287 g/mol. The molecule has 0 atom stereocenters. The molecule has 0 radical (unpaired) electrons. The third-order valence-corrected chi connectivity index (χ3v) is 4.26. The molecule has 5 heteroatoms. The number of rotatable bonds is 4. The minimum atomic E-state index is -2.34. The van der Waals surface area contributed by atoms with Crippen LogP contribution in [0.3, 0.4) is 0 Å². The van der Waals surface area contributed by atoms with Gasteiger partial charge in [0.15, 0.2) is 0 Å². The SMILES string of the molecule is N#Cc1cc2ccccc2nc1NCC1(C(F)F)CCC1. The molecule has 0 aliphatic heterocycles. The smallest absolute Gasteiger partial charge is 0.245 e. The highest BCUT2D eigenvalue weighted by atomic mass is 19.3. The van der Waals surface area contributed by atoms with Crippen LogP contribution in [0.25, 0.3) is 10.9 Å². The zero-order valence-electron chi connectivity index (χ0n) is 11.4. The lowest BCUT2D eigenvalue weighted by Crippen LogP contribution is -2.43. The number of benzene rings is 1. The topological polar surface area (TPSA) is 48.7 Å². The van der Waals surface area contributed by atoms with Gasteiger partial charge in [0, 0.05) is 17.3 Å². The molecule has 1 heterocycles. The number of para-hydroxylation sites is 1. The lowest BCUT2D eigenvalue weighted by molar-refractivity contribution is -0.0500. The molecule has 1 fully saturated rings. The summed E-state index contributed by atoms with van der Waals surface area (Å²) in [6, 6.07) is 11.3. The van der Waals surface area contributed by atoms with Crippen molar-refractivity contribution in [3.05, 3.63) is 35.9 Å². The Bertz CT molecular complexity index is 702. The number of aromatic nitrogens is 1. The van der Waals surface area contributed by atoms with Crippen LogP contribution in [0.2, 0.25) is 0 Å². The summed E-state index contributed by atoms with van der Waals surface area (Å²) >= 11 is 0. The second-order valence-electron chi connectivity index (χ2n) is 5.56. The number of pyridine rings is 1. The lowest BCUT2D eigenvalue weighted by atomic mass is 9.69. The first kappa shape index (κ1) is 13.7. The van der Waals surface area contributed by atoms with Gasteiger partial charge in [0.1, 0.15) is 11.9 Å². The van der Waals surface area contributed by atoms with Crippen molar-refractivity contribution in [3.8, 4) is 6.07 Å². The van der Waals surface area contributed by atoms with Crippen LogP contribution in [0.4, 0.5) is 14.6 Å². The Morgan fingerprint density at radius 1 is 1.33 bits per heavy atom. The number of nitriles is 1. The zero-order chi connectivity index (χ0) is 14.9. The Labute approximate surface area is 121 Å². The summed E-state index contributed by atoms with van der Waals surface area (Å²) in [7, 11) is 0. The minimum Gasteiger partial charge on any atom is -0.368 e. The van der Waals surface area contributed by atoms with E-state index < -0.39 is 11.8 Å². The molecule has 0 amide bonds. The van der Waals surface area contributed by atoms with Gasteiger partial charge in [0.2, 0.25) is 6.43 Å². The fourth-order valence-electron chi connectivity index (χ4n) is 2.70. The molecule has 1 saturated carbocycles. The lowest BCUT2D eigenvalue weighted by Gasteiger charge is -2.41. The predicted molar refractivity (Wildman–Crippen MR) is 77.2 cm³/mol. The van der Waals surface area contributed by atoms with E-state index in [1.165, 1.54) is 0 Å². The molecule has 108 valence electrons. The average molecular weight is 287 g/mol. The van der Waals surface area contributed by atoms with Gasteiger partial charge < -0.3 is 5.32 Å². The first-order valence-electron chi connectivity index (χ1n) is 6.96. The van der Waals surface area contributed by atoms with Crippen molar-refractivity contribution in [1.29, 1.82) is 5.26 Å². The van der Waals surface area contributed by atoms with Crippen LogP contribution >= 0.6 is 0 Å². The molecule has 1 aliphatic carbocycles. The van der Waals surface area contributed by atoms with Gasteiger partial charge >= 0.3 is 0 Å². The summed E-state index contributed by atoms with van der Waals surface area (Å²) in [6.45, 7) is 0.157. The number of anilines is 1. The van der Waals surface area contributed by atoms with E-state index in [-0.39, 0.29) is 6.54 Å². The molecule has 1 aromatic heterocycles. The normalized spacial score (nSPS) is 16.5. The summed E-state index contributed by atoms with van der Waals surface area (Å²) in [6.07, 6.45) is -0.465. The van der Waals surface area contributed by atoms with E-state index in [2.05, 4.69) is 16.4 Å². The summed E-state index contributed by atoms with van der Waals surface area (Å²) in [4.78, 5) is 4.39. The van der Waals surface area contributed by atoms with Gasteiger partial charge in [-0.2, -0.15) is 5.26 Å². The fourth-order valence-corrected chi connectivity index (χ4v) is 2.70. The molecule has 3 rings (SSSR count). The summed E-state index contributed by atoms with van der Waals surface area (Å²) < 4.78 is 26.3. The van der Waals surface area contributed by atoms with Gasteiger partial charge in [-0.3, -0.25) is 0 Å². The van der Waals surface area contributed by atoms with Gasteiger partial charge in [0.25, 0.3) is 0 Å². The first-order valence-corrected chi connectivity index (χ1v) is 6.96. The molecule has 21 heavy (non-hydrogen) atoms. The van der Waals surface area contributed by atoms with Crippen molar-refractivity contribution in [2.45, 2.75) is 25.7 Å². The molecule has 3 nitrogen and oxygen atoms in total. The maximum atomic E-state index is 13.1. The maximum absolute atomic E-state index is 13.1. The average Bonchev–Trinajstić information content (AvgIpc) is 2.44. The predicted octanol–water partition coefficient (Wildman–Crippen LogP) is 3.95. The van der Waals surface area contributed by atoms with Gasteiger partial charge in [0.05, 0.1) is 11.1 Å². The Morgan fingerprint density at radius 3 is 2.71 bits per heavy atom. The van der Waals surface area contributed by atoms with Crippen LogP contribution in [-0.2, 0) is 0 Å². The van der Waals surface area contributed by atoms with Crippen molar-refractivity contribution < 1.29 is 8.78 Å². The first-order chi connectivity index (χ1) is 10.1. The molecule has 0 spiro atoms. The van der Waals surface area contributed by atoms with Gasteiger partial charge in [-0.1, -0.05) is 24.6 Å². The van der Waals surface area contributed by atoms with Gasteiger partial charge in [-0.25, -0.2) is 13.8 Å². The molecule has 0 unspecified atom stereocenters. The Balaban J connectivity index is 1.88. The molecule has 0 bridgehead atoms. The number of nitrogens with one attached hydrogen (secondary N) is 1. The second kappa shape index (κ2) is 5.28. The highest BCUT2D eigenvalue weighted by molar-refractivity contribution is 5.82. The van der Waals surface area contributed by atoms with Crippen molar-refractivity contribution in [3.63, 3.8) is 0 Å². The number of hydrogen-bond acceptors (Lipinski definition) is 3. The van der Waals surface area contributed by atoms with Crippen LogP contribution in [0, 0.1) is 16.7 Å². The van der Waals surface area contributed by atoms with Crippen LogP contribution in [0.15, 0.2) is 30.3 Å². The van der Waals surface area contributed by atoms with Crippen LogP contribution in [0.1, 0.15) is 24.8 Å². The molecule has 1 N–H and O–H groups in total. The zero-order valence-corrected chi connectivity index (χ0v) is 11.4. The number of halogens is 2. The Hall–Kier alpha value is -2.22. The van der Waals surface area contributed by atoms with E-state index >= 15 is 0 Å². The molecule has 1 aliphatic rings. The number of alkyl halides is 2. The summed E-state index contributed by atoms with van der Waals surface area (Å²) in [5, 5.41) is 13.0. The number of nitrogens with zero attached hydrogens (tertiary/aromatic N) is 2. The number of hydrogen-bond donors (Lipinski definition) is 1. The van der Waals surface area contributed by atoms with Crippen molar-refractivity contribution in [2.24, 2.45) is 5.41 Å². The summed E-state index contributed by atoms with van der Waals surface area (Å²) in [5.41, 5.74) is 0.177. The van der Waals surface area contributed by atoms with Crippen molar-refractivity contribution in [2.75, 3.05) is 11.9 Å². The minimum absolute atomic E-state index is 0.157. The van der Waals surface area contributed by atoms with Crippen molar-refractivity contribution in [1.82, 2.24) is 4.98 Å². The molecular weight excluding hydrogens is 272 g/mol. The van der Waals surface area contributed by atoms with Gasteiger partial charge in [-0.15, -0.1) is 0 Å². The molecule has 1 aromatic carbocycles. The quantitative estimate of drug-likeness (QED) is 0.926. The Morgan fingerprint density at radius 2 is 2.10 bits per heavy atom. The van der Waals surface area contributed by atoms with Crippen LogP contribution in [0.5, 0.6) is 0 Å². The fraction of sp³-hybridized carbons (Fsp3) is 0.375. The number of fused-ring (bicyclic) bond motifs is 1. The highest BCUT2D eigenvalue weighted by Crippen LogP contribution is 2.46. The summed E-state index contributed by atoms with van der Waals surface area (Å²) in [5.74, 6) is 0.392. The Kier molecular flexibility index (Phi) is 3.46. The largest absolute Gasteiger partial charge is 0.368 e. The van der Waals surface area contributed by atoms with E-state index in [0.717, 1.165) is 17.3 Å². The van der Waals surface area contributed by atoms with Gasteiger partial charge in [-0.05, 0) is 25.0 Å². The van der Waals surface area contributed by atoms with E-state index in [4.69, 9.17) is 0 Å². The van der Waals surface area contributed by atoms with Crippen LogP contribution < -0.4 is 5.32 Å². The standard InChI is InChI=1S/C16H15F2N3/c17-15(18)16(6-3-7-16)10-20-14-12(9-19)8-11-4-1-2-5-13(11)21-14/h1-2,4-5,8,15H,3,6-7,10H2,(H,20,21). The van der Waals surface area contributed by atoms with Crippen LogP contribution in [-0.4, -0.2) is 18.0 Å². The van der Waals surface area contributed by atoms with E-state index in [0.29, 0.717) is 24.2 Å². The van der Waals surface area contributed by atoms with E-state index in [1.54, 1.807) is 6.07 Å². The molecular formula is C16H15F2N3.